The van der Waals surface area contributed by atoms with Crippen molar-refractivity contribution < 1.29 is 79.7 Å². The van der Waals surface area contributed by atoms with E-state index in [2.05, 4.69) is 0 Å². The molecule has 0 aliphatic carbocycles. The minimum Gasteiger partial charge on any atom is -0.507 e. The largest absolute Gasteiger partial charge is 0.507 e. The number of non-ortho nitro benzene ring substituents is 1. The van der Waals surface area contributed by atoms with Gasteiger partial charge in [-0.15, -0.1) is 0 Å². The molecule has 0 saturated carbocycles. The van der Waals surface area contributed by atoms with Gasteiger partial charge < -0.3 is 70.0 Å². The van der Waals surface area contributed by atoms with E-state index >= 15 is 0 Å². The molecule has 0 radical (unpaired) electrons. The summed E-state index contributed by atoms with van der Waals surface area (Å²) < 4.78 is 25.0. The lowest BCUT2D eigenvalue weighted by Crippen LogP contribution is -2.47. The predicted molar refractivity (Wildman–Crippen MR) is 181 cm³/mol. The van der Waals surface area contributed by atoms with Crippen molar-refractivity contribution >= 4 is 11.7 Å². The highest BCUT2D eigenvalue weighted by Crippen LogP contribution is 2.61. The Bertz CT molecular complexity index is 2430. The predicted octanol–water partition coefficient (Wildman–Crippen LogP) is 4.71. The van der Waals surface area contributed by atoms with Gasteiger partial charge in [-0.2, -0.15) is 0 Å². The van der Waals surface area contributed by atoms with E-state index in [4.69, 9.17) is 18.9 Å². The van der Waals surface area contributed by atoms with Gasteiger partial charge >= 0.3 is 5.97 Å². The first-order chi connectivity index (χ1) is 26.0. The molecule has 10 N–H and O–H groups in total. The normalized spacial score (nSPS) is 20.4. The number of fused-ring (bicyclic) bond motifs is 8. The molecule has 0 aromatic heterocycles. The number of rotatable bonds is 5. The molecule has 18 heteroatoms. The van der Waals surface area contributed by atoms with Gasteiger partial charge in [0.05, 0.1) is 10.5 Å². The maximum Gasteiger partial charge on any atom is 0.338 e. The monoisotopic (exact) mass is 757 g/mol. The van der Waals surface area contributed by atoms with E-state index in [9.17, 15) is 66.0 Å². The number of phenols is 10. The summed E-state index contributed by atoms with van der Waals surface area (Å²) >= 11 is 0. The topological polar surface area (TPSA) is 299 Å². The second-order valence-corrected chi connectivity index (χ2v) is 13.1. The molecule has 3 aliphatic rings. The molecular weight excluding hydrogens is 730 g/mol. The number of nitro groups is 1. The van der Waals surface area contributed by atoms with Gasteiger partial charge in [0.1, 0.15) is 29.1 Å². The number of benzene rings is 5. The summed E-state index contributed by atoms with van der Waals surface area (Å²) in [5.41, 5.74) is -0.197. The zero-order valence-corrected chi connectivity index (χ0v) is 27.7. The number of hydrogen-bond donors (Lipinski definition) is 10. The number of ether oxygens (including phenoxy) is 4. The van der Waals surface area contributed by atoms with Crippen molar-refractivity contribution in [2.75, 3.05) is 0 Å². The number of carbonyl (C=O) groups is 1. The van der Waals surface area contributed by atoms with Crippen molar-refractivity contribution in [2.45, 2.75) is 36.8 Å². The van der Waals surface area contributed by atoms with Crippen molar-refractivity contribution in [3.63, 3.8) is 0 Å². The summed E-state index contributed by atoms with van der Waals surface area (Å²) in [6.45, 7) is 0. The van der Waals surface area contributed by atoms with Crippen molar-refractivity contribution in [3.8, 4) is 74.7 Å². The smallest absolute Gasteiger partial charge is 0.338 e. The summed E-state index contributed by atoms with van der Waals surface area (Å²) in [6.07, 6.45) is -3.36. The van der Waals surface area contributed by atoms with Gasteiger partial charge in [0.2, 0.25) is 0 Å². The van der Waals surface area contributed by atoms with E-state index < -0.39 is 97.9 Å². The Balaban J connectivity index is 1.31. The number of carbonyl (C=O) groups excluding carboxylic acids is 1. The Morgan fingerprint density at radius 1 is 0.727 bits per heavy atom. The van der Waals surface area contributed by atoms with Crippen molar-refractivity contribution in [1.82, 2.24) is 0 Å². The number of nitro benzene ring substituents is 1. The van der Waals surface area contributed by atoms with Crippen LogP contribution in [-0.4, -0.2) is 68.1 Å². The van der Waals surface area contributed by atoms with Gasteiger partial charge in [-0.1, -0.05) is 0 Å². The van der Waals surface area contributed by atoms with Crippen molar-refractivity contribution in [3.05, 3.63) is 104 Å². The molecule has 0 spiro atoms. The molecule has 282 valence electrons. The molecule has 2 bridgehead atoms. The summed E-state index contributed by atoms with van der Waals surface area (Å²) in [6, 6.07) is 10.9. The molecule has 2 unspecified atom stereocenters. The number of esters is 1. The van der Waals surface area contributed by atoms with Gasteiger partial charge in [-0.25, -0.2) is 4.79 Å². The molecule has 4 atom stereocenters. The summed E-state index contributed by atoms with van der Waals surface area (Å²) in [7, 11) is 0. The molecule has 3 aliphatic heterocycles. The minimum atomic E-state index is -1.87. The number of aromatic hydroxyl groups is 10. The maximum atomic E-state index is 13.4. The highest BCUT2D eigenvalue weighted by atomic mass is 16.7. The Hall–Kier alpha value is -7.63. The van der Waals surface area contributed by atoms with E-state index in [-0.39, 0.29) is 63.6 Å². The number of phenolic OH excluding ortho intramolecular Hbond substituents is 10. The van der Waals surface area contributed by atoms with E-state index in [0.29, 0.717) is 0 Å². The Labute approximate surface area is 306 Å². The fourth-order valence-electron chi connectivity index (χ4n) is 7.21. The molecular formula is C37H27NO17. The van der Waals surface area contributed by atoms with Crippen LogP contribution in [0.15, 0.2) is 60.7 Å². The van der Waals surface area contributed by atoms with Crippen LogP contribution in [0.1, 0.15) is 56.6 Å². The highest BCUT2D eigenvalue weighted by molar-refractivity contribution is 5.91. The third-order valence-corrected chi connectivity index (χ3v) is 9.79. The first kappa shape index (κ1) is 34.5. The number of hydrogen-bond acceptors (Lipinski definition) is 17. The molecule has 5 aromatic carbocycles. The first-order valence-corrected chi connectivity index (χ1v) is 16.2. The van der Waals surface area contributed by atoms with Crippen molar-refractivity contribution in [1.29, 1.82) is 0 Å². The van der Waals surface area contributed by atoms with Crippen LogP contribution in [-0.2, 0) is 16.9 Å². The van der Waals surface area contributed by atoms with E-state index in [0.717, 1.165) is 36.4 Å². The van der Waals surface area contributed by atoms with Gasteiger partial charge in [-0.05, 0) is 42.5 Å². The van der Waals surface area contributed by atoms with Crippen LogP contribution in [0.2, 0.25) is 0 Å². The lowest BCUT2D eigenvalue weighted by Gasteiger charge is -2.47. The summed E-state index contributed by atoms with van der Waals surface area (Å²) in [5.74, 6) is -11.7. The van der Waals surface area contributed by atoms with Gasteiger partial charge in [-0.3, -0.25) is 10.1 Å². The van der Waals surface area contributed by atoms with E-state index in [1.54, 1.807) is 0 Å². The van der Waals surface area contributed by atoms with Crippen LogP contribution in [0.3, 0.4) is 0 Å². The lowest BCUT2D eigenvalue weighted by molar-refractivity contribution is -0.385. The van der Waals surface area contributed by atoms with Crippen LogP contribution < -0.4 is 14.2 Å². The zero-order chi connectivity index (χ0) is 39.2. The highest BCUT2D eigenvalue weighted by Gasteiger charge is 2.53. The third kappa shape index (κ3) is 5.37. The van der Waals surface area contributed by atoms with Crippen LogP contribution in [0.5, 0.6) is 74.7 Å². The number of nitrogens with zero attached hydrogens (tertiary/aromatic N) is 1. The minimum absolute atomic E-state index is 0.0179. The standard InChI is InChI=1S/C37H27NO17/c39-20-11-28-30(19-12-37(55-28,15-7-25(44)33(48)26(45)8-15)54-27-2-1-16(38(50)51)9-17(19)27)35-18(20)10-29(34(53-35)13-3-21(40)31(46)22(41)4-13)52-36(49)14-5-23(42)32(47)24(43)6-14/h1-9,11,19,29,34,39-48H,10,12H2/t19?,29-,34-,37?/m1/s1. The summed E-state index contributed by atoms with van der Waals surface area (Å²) in [4.78, 5) is 24.7. The van der Waals surface area contributed by atoms with E-state index in [1.165, 1.54) is 24.3 Å². The van der Waals surface area contributed by atoms with Crippen LogP contribution >= 0.6 is 0 Å². The second kappa shape index (κ2) is 12.0. The fraction of sp³-hybridized carbons (Fsp3) is 0.162. The maximum absolute atomic E-state index is 13.4. The quantitative estimate of drug-likeness (QED) is 0.0502. The van der Waals surface area contributed by atoms with Crippen LogP contribution in [0.25, 0.3) is 0 Å². The third-order valence-electron chi connectivity index (χ3n) is 9.79. The average Bonchev–Trinajstić information content (AvgIpc) is 3.14. The second-order valence-electron chi connectivity index (χ2n) is 13.1. The first-order valence-electron chi connectivity index (χ1n) is 16.2. The molecule has 55 heavy (non-hydrogen) atoms. The zero-order valence-electron chi connectivity index (χ0n) is 27.7. The van der Waals surface area contributed by atoms with Crippen LogP contribution in [0, 0.1) is 10.1 Å². The summed E-state index contributed by atoms with van der Waals surface area (Å²) in [5, 5.41) is 115. The molecule has 3 heterocycles. The molecule has 8 rings (SSSR count). The van der Waals surface area contributed by atoms with E-state index in [1.807, 2.05) is 0 Å². The Morgan fingerprint density at radius 3 is 1.89 bits per heavy atom. The molecule has 0 amide bonds. The fourth-order valence-corrected chi connectivity index (χ4v) is 7.21. The molecule has 18 nitrogen and oxygen atoms in total. The van der Waals surface area contributed by atoms with Crippen molar-refractivity contribution in [2.24, 2.45) is 0 Å². The SMILES string of the molecule is O=C(O[C@@H]1Cc2c(O)cc3c(c2O[C@@H]1c1cc(O)c(O)c(O)c1)C1CC(c2cc(O)c(O)c(O)c2)(Oc2ccc([N+](=O)[O-])cc21)O3)c1cc(O)c(O)c(O)c1. The van der Waals surface area contributed by atoms with Gasteiger partial charge in [0, 0.05) is 64.8 Å². The Morgan fingerprint density at radius 2 is 1.29 bits per heavy atom. The van der Waals surface area contributed by atoms with Gasteiger partial charge in [0.25, 0.3) is 11.5 Å². The molecule has 0 fully saturated rings. The van der Waals surface area contributed by atoms with Gasteiger partial charge in [0.15, 0.2) is 57.8 Å². The Kier molecular flexibility index (Phi) is 7.49. The molecule has 0 saturated heterocycles. The lowest BCUT2D eigenvalue weighted by atomic mass is 9.76. The molecule has 5 aromatic rings. The van der Waals surface area contributed by atoms with Crippen LogP contribution in [0.4, 0.5) is 5.69 Å². The average molecular weight is 758 g/mol.